The Morgan fingerprint density at radius 2 is 1.45 bits per heavy atom. The summed E-state index contributed by atoms with van der Waals surface area (Å²) >= 11 is 1.23. The van der Waals surface area contributed by atoms with Gasteiger partial charge in [-0.25, -0.2) is 0 Å². The molecular formula is C37H47N7O6S. The number of carbonyl (C=O) groups is 6. The molecule has 6 amide bonds. The van der Waals surface area contributed by atoms with Gasteiger partial charge < -0.3 is 36.5 Å². The Labute approximate surface area is 301 Å². The Bertz CT molecular complexity index is 1730. The molecule has 0 aliphatic carbocycles. The summed E-state index contributed by atoms with van der Waals surface area (Å²) in [6.45, 7) is 5.61. The first-order chi connectivity index (χ1) is 24.5. The summed E-state index contributed by atoms with van der Waals surface area (Å²) < 4.78 is 0. The Hall–Kier alpha value is -4.85. The van der Waals surface area contributed by atoms with Crippen LogP contribution in [0.1, 0.15) is 51.2 Å². The van der Waals surface area contributed by atoms with E-state index < -0.39 is 53.8 Å². The van der Waals surface area contributed by atoms with Crippen LogP contribution in [0.2, 0.25) is 0 Å². The predicted octanol–water partition coefficient (Wildman–Crippen LogP) is 1.77. The van der Waals surface area contributed by atoms with Crippen LogP contribution < -0.4 is 26.6 Å². The highest BCUT2D eigenvalue weighted by atomic mass is 32.2. The molecule has 272 valence electrons. The van der Waals surface area contributed by atoms with Crippen LogP contribution >= 0.6 is 11.8 Å². The minimum Gasteiger partial charge on any atom is -0.361 e. The molecule has 1 aromatic heterocycles. The minimum atomic E-state index is -1.13. The summed E-state index contributed by atoms with van der Waals surface area (Å²) in [6, 6.07) is 11.7. The molecule has 2 saturated heterocycles. The van der Waals surface area contributed by atoms with Gasteiger partial charge in [0, 0.05) is 49.2 Å². The van der Waals surface area contributed by atoms with E-state index in [1.165, 1.54) is 23.6 Å². The first-order valence-corrected chi connectivity index (χ1v) is 18.6. The minimum absolute atomic E-state index is 0.0277. The average Bonchev–Trinajstić information content (AvgIpc) is 3.76. The van der Waals surface area contributed by atoms with E-state index in [0.29, 0.717) is 25.8 Å². The highest BCUT2D eigenvalue weighted by Gasteiger charge is 2.40. The van der Waals surface area contributed by atoms with Crippen molar-refractivity contribution >= 4 is 58.1 Å². The van der Waals surface area contributed by atoms with Crippen molar-refractivity contribution in [1.82, 2.24) is 36.5 Å². The van der Waals surface area contributed by atoms with Crippen molar-refractivity contribution in [2.45, 2.75) is 83.1 Å². The maximum absolute atomic E-state index is 14.2. The molecule has 0 spiro atoms. The number of benzene rings is 2. The van der Waals surface area contributed by atoms with Crippen LogP contribution in [-0.4, -0.2) is 93.7 Å². The Morgan fingerprint density at radius 1 is 0.824 bits per heavy atom. The number of carbonyl (C=O) groups excluding carboxylic acids is 6. The largest absolute Gasteiger partial charge is 0.361 e. The molecule has 6 N–H and O–H groups in total. The van der Waals surface area contributed by atoms with Gasteiger partial charge in [0.25, 0.3) is 0 Å². The van der Waals surface area contributed by atoms with Crippen LogP contribution in [0.3, 0.4) is 0 Å². The smallest absolute Gasteiger partial charge is 0.245 e. The lowest BCUT2D eigenvalue weighted by Crippen LogP contribution is -2.59. The Morgan fingerprint density at radius 3 is 2.18 bits per heavy atom. The van der Waals surface area contributed by atoms with Gasteiger partial charge in [-0.05, 0) is 42.4 Å². The van der Waals surface area contributed by atoms with Crippen molar-refractivity contribution in [3.63, 3.8) is 0 Å². The van der Waals surface area contributed by atoms with Crippen LogP contribution in [0.5, 0.6) is 0 Å². The van der Waals surface area contributed by atoms with E-state index in [2.05, 4.69) is 31.6 Å². The summed E-state index contributed by atoms with van der Waals surface area (Å²) in [5, 5.41) is 15.1. The van der Waals surface area contributed by atoms with E-state index >= 15 is 0 Å². The molecule has 5 atom stereocenters. The standard InChI is InChI=1S/C37H47N7O6S/c1-22(2)16-30-37(50)44-15-9-14-32(44)36(49)41-28(17-24-10-5-4-6-11-24)33(46)43-31(20-51-21-39-23(3)45)35(48)40-29(34(47)42-30)18-25-19-38-27-13-8-7-12-26(25)27/h4-8,10-13,19,22,28-32,38H,9,14-18,20-21H2,1-3H3,(H,39,45)(H,40,48)(H,41,49)(H,42,47)(H,43,46)/t28-,29-,30+,31+,32-/m0/s1. The number of H-pyrrole nitrogens is 1. The number of nitrogens with zero attached hydrogens (tertiary/aromatic N) is 1. The van der Waals surface area contributed by atoms with Crippen molar-refractivity contribution < 1.29 is 28.8 Å². The van der Waals surface area contributed by atoms with E-state index in [4.69, 9.17) is 0 Å². The molecule has 0 saturated carbocycles. The second-order valence-corrected chi connectivity index (χ2v) is 14.6. The van der Waals surface area contributed by atoms with Gasteiger partial charge in [0.2, 0.25) is 35.4 Å². The van der Waals surface area contributed by atoms with Gasteiger partial charge >= 0.3 is 0 Å². The van der Waals surface area contributed by atoms with Gasteiger partial charge in [-0.3, -0.25) is 28.8 Å². The van der Waals surface area contributed by atoms with E-state index in [0.717, 1.165) is 22.0 Å². The van der Waals surface area contributed by atoms with E-state index in [1.54, 1.807) is 6.20 Å². The maximum Gasteiger partial charge on any atom is 0.245 e. The second kappa shape index (κ2) is 17.4. The molecule has 13 nitrogen and oxygen atoms in total. The lowest BCUT2D eigenvalue weighted by Gasteiger charge is -2.31. The molecule has 2 aromatic carbocycles. The highest BCUT2D eigenvalue weighted by Crippen LogP contribution is 2.23. The van der Waals surface area contributed by atoms with Crippen LogP contribution in [0.15, 0.2) is 60.8 Å². The SMILES string of the molecule is CC(=O)NCSC[C@H]1NC(=O)[C@H](Cc2ccccc2)NC(=O)[C@@H]2CCCN2C(=O)[C@@H](CC(C)C)NC(=O)[C@H](Cc2c[nH]c3ccccc23)NC1=O. The lowest BCUT2D eigenvalue weighted by atomic mass is 10.00. The van der Waals surface area contributed by atoms with Crippen molar-refractivity contribution in [3.05, 3.63) is 71.9 Å². The lowest BCUT2D eigenvalue weighted by molar-refractivity contribution is -0.142. The second-order valence-electron chi connectivity index (χ2n) is 13.6. The van der Waals surface area contributed by atoms with Crippen LogP contribution in [0.25, 0.3) is 10.9 Å². The molecule has 51 heavy (non-hydrogen) atoms. The third-order valence-corrected chi connectivity index (χ3v) is 10.1. The molecule has 0 unspecified atom stereocenters. The zero-order valence-corrected chi connectivity index (χ0v) is 30.0. The number of hydrogen-bond acceptors (Lipinski definition) is 7. The normalized spacial score (nSPS) is 23.5. The number of aromatic amines is 1. The molecule has 5 rings (SSSR count). The molecule has 3 heterocycles. The fourth-order valence-corrected chi connectivity index (χ4v) is 7.48. The number of rotatable bonds is 10. The molecule has 0 radical (unpaired) electrons. The number of amides is 6. The number of aromatic nitrogens is 1. The molecule has 0 bridgehead atoms. The summed E-state index contributed by atoms with van der Waals surface area (Å²) in [5.41, 5.74) is 2.45. The molecule has 14 heteroatoms. The van der Waals surface area contributed by atoms with Gasteiger partial charge in [-0.15, -0.1) is 11.8 Å². The van der Waals surface area contributed by atoms with E-state index in [9.17, 15) is 28.8 Å². The zero-order valence-electron chi connectivity index (χ0n) is 29.2. The van der Waals surface area contributed by atoms with Gasteiger partial charge in [-0.2, -0.15) is 0 Å². The number of fused-ring (bicyclic) bond motifs is 2. The van der Waals surface area contributed by atoms with Crippen LogP contribution in [-0.2, 0) is 41.6 Å². The van der Waals surface area contributed by atoms with E-state index in [-0.39, 0.29) is 42.2 Å². The number of thioether (sulfide) groups is 1. The quantitative estimate of drug-likeness (QED) is 0.137. The summed E-state index contributed by atoms with van der Waals surface area (Å²) in [6.07, 6.45) is 3.36. The van der Waals surface area contributed by atoms with Crippen molar-refractivity contribution in [2.24, 2.45) is 5.92 Å². The fraction of sp³-hybridized carbons (Fsp3) is 0.459. The first kappa shape index (κ1) is 37.4. The first-order valence-electron chi connectivity index (χ1n) is 17.4. The van der Waals surface area contributed by atoms with Crippen molar-refractivity contribution in [1.29, 1.82) is 0 Å². The number of hydrogen-bond donors (Lipinski definition) is 6. The molecular weight excluding hydrogens is 671 g/mol. The number of para-hydroxylation sites is 1. The Kier molecular flexibility index (Phi) is 12.8. The molecule has 2 aliphatic rings. The monoisotopic (exact) mass is 717 g/mol. The highest BCUT2D eigenvalue weighted by molar-refractivity contribution is 7.99. The predicted molar refractivity (Wildman–Crippen MR) is 195 cm³/mol. The molecule has 3 aromatic rings. The molecule has 2 aliphatic heterocycles. The van der Waals surface area contributed by atoms with Gasteiger partial charge in [-0.1, -0.05) is 62.4 Å². The Balaban J connectivity index is 1.53. The van der Waals surface area contributed by atoms with Crippen LogP contribution in [0.4, 0.5) is 0 Å². The van der Waals surface area contributed by atoms with Gasteiger partial charge in [0.15, 0.2) is 0 Å². The maximum atomic E-state index is 14.2. The number of nitrogens with one attached hydrogen (secondary N) is 6. The third kappa shape index (κ3) is 9.90. The topological polar surface area (TPSA) is 182 Å². The fourth-order valence-electron chi connectivity index (χ4n) is 6.58. The summed E-state index contributed by atoms with van der Waals surface area (Å²) in [5.74, 6) is -2.58. The summed E-state index contributed by atoms with van der Waals surface area (Å²) in [7, 11) is 0. The zero-order chi connectivity index (χ0) is 36.5. The third-order valence-electron chi connectivity index (χ3n) is 9.15. The van der Waals surface area contributed by atoms with Crippen LogP contribution in [0, 0.1) is 5.92 Å². The summed E-state index contributed by atoms with van der Waals surface area (Å²) in [4.78, 5) is 86.6. The molecule has 2 fully saturated rings. The van der Waals surface area contributed by atoms with Crippen molar-refractivity contribution in [2.75, 3.05) is 18.2 Å². The average molecular weight is 718 g/mol. The van der Waals surface area contributed by atoms with Gasteiger partial charge in [0.1, 0.15) is 30.2 Å². The van der Waals surface area contributed by atoms with E-state index in [1.807, 2.05) is 68.4 Å². The van der Waals surface area contributed by atoms with Crippen molar-refractivity contribution in [3.8, 4) is 0 Å². The van der Waals surface area contributed by atoms with Gasteiger partial charge in [0.05, 0.1) is 5.88 Å².